The van der Waals surface area contributed by atoms with Gasteiger partial charge in [-0.25, -0.2) is 5.43 Å². The molecule has 5 heteroatoms. The summed E-state index contributed by atoms with van der Waals surface area (Å²) in [5, 5.41) is 4.49. The van der Waals surface area contributed by atoms with Crippen LogP contribution in [0.1, 0.15) is 42.8 Å². The third-order valence-corrected chi connectivity index (χ3v) is 3.83. The molecule has 0 aliphatic heterocycles. The Labute approximate surface area is 125 Å². The van der Waals surface area contributed by atoms with Crippen LogP contribution in [0.3, 0.4) is 0 Å². The molecule has 0 bridgehead atoms. The minimum atomic E-state index is -0.0715. The van der Waals surface area contributed by atoms with E-state index in [0.717, 1.165) is 29.1 Å². The quantitative estimate of drug-likeness (QED) is 0.630. The third kappa shape index (κ3) is 3.09. The Balaban J connectivity index is 1.82. The standard InChI is InChI=1S/C16H22N4O/c1-3-12-10-15(20(2)19-12)16(18-17)11-4-6-13(7-5-11)21-14-8-9-14/h4-7,10,14,16,18H,3,8-9,17H2,1-2H3. The minimum absolute atomic E-state index is 0.0715. The molecule has 21 heavy (non-hydrogen) atoms. The second-order valence-electron chi connectivity index (χ2n) is 5.52. The van der Waals surface area contributed by atoms with E-state index in [-0.39, 0.29) is 6.04 Å². The molecule has 1 heterocycles. The van der Waals surface area contributed by atoms with Crippen molar-refractivity contribution in [3.63, 3.8) is 0 Å². The zero-order valence-corrected chi connectivity index (χ0v) is 12.5. The zero-order chi connectivity index (χ0) is 14.8. The van der Waals surface area contributed by atoms with Gasteiger partial charge >= 0.3 is 0 Å². The topological polar surface area (TPSA) is 65.1 Å². The number of aromatic nitrogens is 2. The number of nitrogens with two attached hydrogens (primary N) is 1. The smallest absolute Gasteiger partial charge is 0.119 e. The summed E-state index contributed by atoms with van der Waals surface area (Å²) in [4.78, 5) is 0. The molecule has 1 aromatic heterocycles. The first kappa shape index (κ1) is 14.1. The van der Waals surface area contributed by atoms with E-state index in [1.807, 2.05) is 23.9 Å². The molecule has 0 amide bonds. The van der Waals surface area contributed by atoms with Crippen molar-refractivity contribution in [3.05, 3.63) is 47.3 Å². The van der Waals surface area contributed by atoms with Crippen molar-refractivity contribution in [1.82, 2.24) is 15.2 Å². The van der Waals surface area contributed by atoms with E-state index in [2.05, 4.69) is 35.6 Å². The number of hydrogen-bond donors (Lipinski definition) is 2. The summed E-state index contributed by atoms with van der Waals surface area (Å²) in [6, 6.07) is 10.2. The first-order valence-corrected chi connectivity index (χ1v) is 7.46. The molecule has 1 atom stereocenters. The lowest BCUT2D eigenvalue weighted by atomic mass is 10.0. The van der Waals surface area contributed by atoms with Gasteiger partial charge in [-0.1, -0.05) is 19.1 Å². The van der Waals surface area contributed by atoms with Gasteiger partial charge in [0.25, 0.3) is 0 Å². The van der Waals surface area contributed by atoms with Gasteiger partial charge in [-0.3, -0.25) is 10.5 Å². The van der Waals surface area contributed by atoms with Crippen molar-refractivity contribution in [2.45, 2.75) is 38.3 Å². The summed E-state index contributed by atoms with van der Waals surface area (Å²) >= 11 is 0. The molecule has 1 fully saturated rings. The number of nitrogens with zero attached hydrogens (tertiary/aromatic N) is 2. The largest absolute Gasteiger partial charge is 0.490 e. The number of hydrogen-bond acceptors (Lipinski definition) is 4. The highest BCUT2D eigenvalue weighted by atomic mass is 16.5. The number of aryl methyl sites for hydroxylation is 2. The van der Waals surface area contributed by atoms with Gasteiger partial charge in [0.05, 0.1) is 23.5 Å². The zero-order valence-electron chi connectivity index (χ0n) is 12.5. The van der Waals surface area contributed by atoms with Crippen LogP contribution in [0.5, 0.6) is 5.75 Å². The van der Waals surface area contributed by atoms with Crippen LogP contribution in [-0.2, 0) is 13.5 Å². The molecular formula is C16H22N4O. The van der Waals surface area contributed by atoms with Gasteiger partial charge in [0.2, 0.25) is 0 Å². The molecule has 0 spiro atoms. The number of rotatable bonds is 6. The lowest BCUT2D eigenvalue weighted by Crippen LogP contribution is -2.30. The lowest BCUT2D eigenvalue weighted by Gasteiger charge is -2.17. The monoisotopic (exact) mass is 286 g/mol. The molecule has 112 valence electrons. The number of benzene rings is 1. The van der Waals surface area contributed by atoms with E-state index >= 15 is 0 Å². The summed E-state index contributed by atoms with van der Waals surface area (Å²) < 4.78 is 7.66. The molecule has 1 aromatic carbocycles. The predicted molar refractivity (Wildman–Crippen MR) is 81.8 cm³/mol. The van der Waals surface area contributed by atoms with Crippen LogP contribution < -0.4 is 16.0 Å². The van der Waals surface area contributed by atoms with Crippen molar-refractivity contribution >= 4 is 0 Å². The van der Waals surface area contributed by atoms with Gasteiger partial charge < -0.3 is 4.74 Å². The SMILES string of the molecule is CCc1cc(C(NN)c2ccc(OC3CC3)cc2)n(C)n1. The van der Waals surface area contributed by atoms with Crippen molar-refractivity contribution in [3.8, 4) is 5.75 Å². The molecular weight excluding hydrogens is 264 g/mol. The Morgan fingerprint density at radius 1 is 1.38 bits per heavy atom. The van der Waals surface area contributed by atoms with Crippen LogP contribution in [0.15, 0.2) is 30.3 Å². The van der Waals surface area contributed by atoms with Crippen molar-refractivity contribution < 1.29 is 4.74 Å². The Kier molecular flexibility index (Phi) is 3.94. The fraction of sp³-hybridized carbons (Fsp3) is 0.438. The molecule has 3 rings (SSSR count). The number of nitrogens with one attached hydrogen (secondary N) is 1. The van der Waals surface area contributed by atoms with Crippen molar-refractivity contribution in [1.29, 1.82) is 0 Å². The fourth-order valence-electron chi connectivity index (χ4n) is 2.46. The predicted octanol–water partition coefficient (Wildman–Crippen LogP) is 2.08. The van der Waals surface area contributed by atoms with E-state index in [1.165, 1.54) is 12.8 Å². The lowest BCUT2D eigenvalue weighted by molar-refractivity contribution is 0.303. The Bertz CT molecular complexity index is 601. The van der Waals surface area contributed by atoms with Crippen LogP contribution in [0.2, 0.25) is 0 Å². The third-order valence-electron chi connectivity index (χ3n) is 3.83. The molecule has 1 unspecified atom stereocenters. The van der Waals surface area contributed by atoms with Crippen LogP contribution >= 0.6 is 0 Å². The fourth-order valence-corrected chi connectivity index (χ4v) is 2.46. The number of hydrazine groups is 1. The van der Waals surface area contributed by atoms with Crippen molar-refractivity contribution in [2.75, 3.05) is 0 Å². The highest BCUT2D eigenvalue weighted by Crippen LogP contribution is 2.28. The summed E-state index contributed by atoms with van der Waals surface area (Å²) in [6.07, 6.45) is 3.68. The maximum Gasteiger partial charge on any atom is 0.119 e. The maximum absolute atomic E-state index is 5.78. The van der Waals surface area contributed by atoms with Gasteiger partial charge in [-0.2, -0.15) is 5.10 Å². The van der Waals surface area contributed by atoms with E-state index in [9.17, 15) is 0 Å². The van der Waals surface area contributed by atoms with Crippen LogP contribution in [0, 0.1) is 0 Å². The molecule has 0 saturated heterocycles. The summed E-state index contributed by atoms with van der Waals surface area (Å²) in [5.74, 6) is 6.69. The maximum atomic E-state index is 5.78. The molecule has 2 aromatic rings. The normalized spacial score (nSPS) is 16.0. The summed E-state index contributed by atoms with van der Waals surface area (Å²) in [7, 11) is 1.95. The second kappa shape index (κ2) is 5.87. The molecule has 3 N–H and O–H groups in total. The van der Waals surface area contributed by atoms with E-state index in [0.29, 0.717) is 6.10 Å². The van der Waals surface area contributed by atoms with Crippen molar-refractivity contribution in [2.24, 2.45) is 12.9 Å². The first-order chi connectivity index (χ1) is 10.2. The van der Waals surface area contributed by atoms with Gasteiger partial charge in [0, 0.05) is 7.05 Å². The van der Waals surface area contributed by atoms with Gasteiger partial charge in [0.1, 0.15) is 5.75 Å². The van der Waals surface area contributed by atoms with Crippen LogP contribution in [0.4, 0.5) is 0 Å². The van der Waals surface area contributed by atoms with E-state index in [4.69, 9.17) is 10.6 Å². The Morgan fingerprint density at radius 2 is 2.10 bits per heavy atom. The molecule has 1 saturated carbocycles. The van der Waals surface area contributed by atoms with Gasteiger partial charge in [0.15, 0.2) is 0 Å². The molecule has 0 radical (unpaired) electrons. The molecule has 1 aliphatic rings. The highest BCUT2D eigenvalue weighted by molar-refractivity contribution is 5.34. The van der Waals surface area contributed by atoms with E-state index < -0.39 is 0 Å². The second-order valence-corrected chi connectivity index (χ2v) is 5.52. The molecule has 1 aliphatic carbocycles. The minimum Gasteiger partial charge on any atom is -0.490 e. The van der Waals surface area contributed by atoms with E-state index in [1.54, 1.807) is 0 Å². The highest BCUT2D eigenvalue weighted by Gasteiger charge is 2.23. The number of ether oxygens (including phenoxy) is 1. The molecule has 5 nitrogen and oxygen atoms in total. The Hall–Kier alpha value is -1.85. The van der Waals surface area contributed by atoms with Crippen LogP contribution in [0.25, 0.3) is 0 Å². The average Bonchev–Trinajstić information content (AvgIpc) is 3.24. The average molecular weight is 286 g/mol. The van der Waals surface area contributed by atoms with Gasteiger partial charge in [-0.15, -0.1) is 0 Å². The van der Waals surface area contributed by atoms with Crippen LogP contribution in [-0.4, -0.2) is 15.9 Å². The Morgan fingerprint density at radius 3 is 2.62 bits per heavy atom. The summed E-state index contributed by atoms with van der Waals surface area (Å²) in [5.41, 5.74) is 6.12. The summed E-state index contributed by atoms with van der Waals surface area (Å²) in [6.45, 7) is 2.10. The first-order valence-electron chi connectivity index (χ1n) is 7.46. The van der Waals surface area contributed by atoms with Gasteiger partial charge in [-0.05, 0) is 43.0 Å².